The molecule has 0 saturated heterocycles. The van der Waals surface area contributed by atoms with E-state index in [0.29, 0.717) is 27.4 Å². The SMILES string of the molecule is Cc1cccc(/C(C#N)=C(\NC(=O)c2cccc(Cl)c2C)C(C)(C)C)c1. The van der Waals surface area contributed by atoms with Gasteiger partial charge in [-0.3, -0.25) is 4.79 Å². The van der Waals surface area contributed by atoms with Crippen LogP contribution in [0.4, 0.5) is 0 Å². The lowest BCUT2D eigenvalue weighted by Crippen LogP contribution is -2.31. The molecule has 0 aliphatic heterocycles. The van der Waals surface area contributed by atoms with E-state index in [1.807, 2.05) is 58.9 Å². The van der Waals surface area contributed by atoms with Crippen molar-refractivity contribution in [2.24, 2.45) is 5.41 Å². The molecule has 0 unspecified atom stereocenters. The highest BCUT2D eigenvalue weighted by molar-refractivity contribution is 6.31. The minimum atomic E-state index is -0.420. The van der Waals surface area contributed by atoms with Crippen LogP contribution in [0.2, 0.25) is 5.02 Å². The predicted molar refractivity (Wildman–Crippen MR) is 107 cm³/mol. The summed E-state index contributed by atoms with van der Waals surface area (Å²) in [6.45, 7) is 9.70. The van der Waals surface area contributed by atoms with Crippen molar-refractivity contribution in [1.82, 2.24) is 5.32 Å². The number of halogens is 1. The molecule has 0 aliphatic rings. The Labute approximate surface area is 160 Å². The van der Waals surface area contributed by atoms with Gasteiger partial charge in [0.05, 0.1) is 5.57 Å². The van der Waals surface area contributed by atoms with Gasteiger partial charge in [0.25, 0.3) is 5.91 Å². The quantitative estimate of drug-likeness (QED) is 0.711. The molecule has 26 heavy (non-hydrogen) atoms. The first kappa shape index (κ1) is 19.8. The topological polar surface area (TPSA) is 52.9 Å². The summed E-state index contributed by atoms with van der Waals surface area (Å²) in [7, 11) is 0. The van der Waals surface area contributed by atoms with Gasteiger partial charge in [0.15, 0.2) is 0 Å². The first-order valence-corrected chi connectivity index (χ1v) is 8.81. The molecule has 0 fully saturated rings. The zero-order chi connectivity index (χ0) is 19.5. The Balaban J connectivity index is 2.56. The maximum Gasteiger partial charge on any atom is 0.255 e. The van der Waals surface area contributed by atoms with Crippen molar-refractivity contribution >= 4 is 23.1 Å². The molecule has 0 atom stereocenters. The summed E-state index contributed by atoms with van der Waals surface area (Å²) in [6.07, 6.45) is 0. The van der Waals surface area contributed by atoms with Crippen LogP contribution in [-0.4, -0.2) is 5.91 Å². The summed E-state index contributed by atoms with van der Waals surface area (Å²) in [4.78, 5) is 12.9. The average Bonchev–Trinajstić information content (AvgIpc) is 2.56. The van der Waals surface area contributed by atoms with Crippen LogP contribution in [0.25, 0.3) is 5.57 Å². The molecule has 0 heterocycles. The molecule has 0 aromatic heterocycles. The highest BCUT2D eigenvalue weighted by Crippen LogP contribution is 2.31. The minimum absolute atomic E-state index is 0.268. The zero-order valence-corrected chi connectivity index (χ0v) is 16.5. The van der Waals surface area contributed by atoms with Crippen molar-refractivity contribution in [3.05, 3.63) is 75.4 Å². The number of rotatable bonds is 3. The van der Waals surface area contributed by atoms with E-state index in [1.165, 1.54) is 0 Å². The molecule has 2 aromatic rings. The summed E-state index contributed by atoms with van der Waals surface area (Å²) in [5.41, 5.74) is 3.71. The van der Waals surface area contributed by atoms with Gasteiger partial charge in [-0.05, 0) is 37.1 Å². The maximum atomic E-state index is 12.9. The van der Waals surface area contributed by atoms with Gasteiger partial charge in [0.1, 0.15) is 6.07 Å². The standard InChI is InChI=1S/C22H23ClN2O/c1-14-8-6-9-16(12-14)18(13-24)20(22(3,4)5)25-21(26)17-10-7-11-19(23)15(17)2/h6-12H,1-5H3,(H,25,26)/b20-18-. The van der Waals surface area contributed by atoms with Crippen LogP contribution in [0.1, 0.15) is 47.8 Å². The molecule has 0 aliphatic carbocycles. The first-order chi connectivity index (χ1) is 12.1. The number of hydrogen-bond acceptors (Lipinski definition) is 2. The van der Waals surface area contributed by atoms with Crippen LogP contribution in [0.3, 0.4) is 0 Å². The van der Waals surface area contributed by atoms with Gasteiger partial charge in [0, 0.05) is 21.7 Å². The fourth-order valence-corrected chi connectivity index (χ4v) is 2.90. The summed E-state index contributed by atoms with van der Waals surface area (Å²) in [5.74, 6) is -0.268. The minimum Gasteiger partial charge on any atom is -0.324 e. The number of carbonyl (C=O) groups excluding carboxylic acids is 1. The molecule has 3 nitrogen and oxygen atoms in total. The molecule has 134 valence electrons. The van der Waals surface area contributed by atoms with E-state index in [9.17, 15) is 10.1 Å². The first-order valence-electron chi connectivity index (χ1n) is 8.43. The van der Waals surface area contributed by atoms with Crippen LogP contribution in [0, 0.1) is 30.6 Å². The van der Waals surface area contributed by atoms with Gasteiger partial charge in [-0.1, -0.05) is 68.3 Å². The molecule has 0 bridgehead atoms. The zero-order valence-electron chi connectivity index (χ0n) is 15.8. The van der Waals surface area contributed by atoms with Gasteiger partial charge in [0.2, 0.25) is 0 Å². The Morgan fingerprint density at radius 2 is 1.77 bits per heavy atom. The van der Waals surface area contributed by atoms with E-state index < -0.39 is 5.41 Å². The summed E-state index contributed by atoms with van der Waals surface area (Å²) >= 11 is 6.14. The maximum absolute atomic E-state index is 12.9. The number of nitrogens with one attached hydrogen (secondary N) is 1. The monoisotopic (exact) mass is 366 g/mol. The van der Waals surface area contributed by atoms with Gasteiger partial charge >= 0.3 is 0 Å². The highest BCUT2D eigenvalue weighted by Gasteiger charge is 2.25. The smallest absolute Gasteiger partial charge is 0.255 e. The summed E-state index contributed by atoms with van der Waals surface area (Å²) in [6, 6.07) is 15.2. The van der Waals surface area contributed by atoms with Crippen molar-refractivity contribution in [2.45, 2.75) is 34.6 Å². The van der Waals surface area contributed by atoms with Gasteiger partial charge in [-0.25, -0.2) is 0 Å². The van der Waals surface area contributed by atoms with Crippen molar-refractivity contribution in [3.63, 3.8) is 0 Å². The fraction of sp³-hybridized carbons (Fsp3) is 0.273. The van der Waals surface area contributed by atoms with Crippen molar-refractivity contribution in [2.75, 3.05) is 0 Å². The molecule has 1 amide bonds. The van der Waals surface area contributed by atoms with E-state index in [4.69, 9.17) is 11.6 Å². The number of nitriles is 1. The summed E-state index contributed by atoms with van der Waals surface area (Å²) < 4.78 is 0. The molecule has 1 N–H and O–H groups in total. The van der Waals surface area contributed by atoms with Crippen LogP contribution >= 0.6 is 11.6 Å². The predicted octanol–water partition coefficient (Wildman–Crippen LogP) is 5.67. The number of benzene rings is 2. The number of carbonyl (C=O) groups is 1. The van der Waals surface area contributed by atoms with Crippen LogP contribution in [0.5, 0.6) is 0 Å². The lowest BCUT2D eigenvalue weighted by atomic mass is 9.86. The molecule has 0 saturated carbocycles. The molecular weight excluding hydrogens is 344 g/mol. The van der Waals surface area contributed by atoms with E-state index in [-0.39, 0.29) is 5.91 Å². The number of amides is 1. The van der Waals surface area contributed by atoms with Crippen molar-refractivity contribution in [3.8, 4) is 6.07 Å². The lowest BCUT2D eigenvalue weighted by Gasteiger charge is -2.26. The molecular formula is C22H23ClN2O. The highest BCUT2D eigenvalue weighted by atomic mass is 35.5. The third-order valence-electron chi connectivity index (χ3n) is 4.17. The second kappa shape index (κ2) is 7.76. The lowest BCUT2D eigenvalue weighted by molar-refractivity contribution is 0.0957. The third kappa shape index (κ3) is 4.33. The number of nitrogens with zero attached hydrogens (tertiary/aromatic N) is 1. The molecule has 2 rings (SSSR count). The van der Waals surface area contributed by atoms with Crippen molar-refractivity contribution < 1.29 is 4.79 Å². The Morgan fingerprint density at radius 3 is 2.35 bits per heavy atom. The molecule has 2 aromatic carbocycles. The van der Waals surface area contributed by atoms with E-state index in [2.05, 4.69) is 11.4 Å². The van der Waals surface area contributed by atoms with Crippen LogP contribution < -0.4 is 5.32 Å². The van der Waals surface area contributed by atoms with E-state index in [1.54, 1.807) is 18.2 Å². The van der Waals surface area contributed by atoms with Gasteiger partial charge < -0.3 is 5.32 Å². The fourth-order valence-electron chi connectivity index (χ4n) is 2.72. The molecule has 0 spiro atoms. The second-order valence-corrected chi connectivity index (χ2v) is 7.76. The second-order valence-electron chi connectivity index (χ2n) is 7.35. The Kier molecular flexibility index (Phi) is 5.90. The van der Waals surface area contributed by atoms with Gasteiger partial charge in [-0.15, -0.1) is 0 Å². The Morgan fingerprint density at radius 1 is 1.12 bits per heavy atom. The molecule has 4 heteroatoms. The molecule has 0 radical (unpaired) electrons. The van der Waals surface area contributed by atoms with Crippen LogP contribution in [0.15, 0.2) is 48.2 Å². The number of hydrogen-bond donors (Lipinski definition) is 1. The summed E-state index contributed by atoms with van der Waals surface area (Å²) in [5, 5.41) is 13.3. The number of allylic oxidation sites excluding steroid dienone is 2. The Bertz CT molecular complexity index is 914. The Hall–Kier alpha value is -2.57. The third-order valence-corrected chi connectivity index (χ3v) is 4.58. The van der Waals surface area contributed by atoms with E-state index in [0.717, 1.165) is 11.1 Å². The van der Waals surface area contributed by atoms with Gasteiger partial charge in [-0.2, -0.15) is 5.26 Å². The van der Waals surface area contributed by atoms with E-state index >= 15 is 0 Å². The normalized spacial score (nSPS) is 12.2. The van der Waals surface area contributed by atoms with Crippen LogP contribution in [-0.2, 0) is 0 Å². The largest absolute Gasteiger partial charge is 0.324 e. The van der Waals surface area contributed by atoms with Crippen molar-refractivity contribution in [1.29, 1.82) is 5.26 Å². The average molecular weight is 367 g/mol. The number of aryl methyl sites for hydroxylation is 1.